The highest BCUT2D eigenvalue weighted by Crippen LogP contribution is 2.19. The molecule has 0 unspecified atom stereocenters. The van der Waals surface area contributed by atoms with Crippen molar-refractivity contribution < 1.29 is 9.90 Å². The molecule has 2 aromatic heterocycles. The minimum absolute atomic E-state index is 0.209. The molecular formula is C16H12N2O2. The summed E-state index contributed by atoms with van der Waals surface area (Å²) in [4.78, 5) is 19.3. The summed E-state index contributed by atoms with van der Waals surface area (Å²) in [6.07, 6.45) is 5.46. The summed E-state index contributed by atoms with van der Waals surface area (Å²) >= 11 is 0. The number of benzene rings is 1. The lowest BCUT2D eigenvalue weighted by atomic mass is 10.0. The van der Waals surface area contributed by atoms with E-state index in [9.17, 15) is 4.79 Å². The lowest BCUT2D eigenvalue weighted by Crippen LogP contribution is -1.99. The number of hydrogen-bond donors (Lipinski definition) is 1. The first-order chi connectivity index (χ1) is 9.74. The Kier molecular flexibility index (Phi) is 3.13. The number of carbonyl (C=O) groups is 1. The van der Waals surface area contributed by atoms with Crippen LogP contribution in [0.1, 0.15) is 21.5 Å². The third kappa shape index (κ3) is 2.36. The standard InChI is InChI=1S/C16H12N2O2/c19-16(20)13-8-11(9-17-10-13)7-12-5-6-18-15-4-2-1-3-14(12)15/h1-6,8-10H,7H2,(H,19,20). The summed E-state index contributed by atoms with van der Waals surface area (Å²) in [5, 5.41) is 10.1. The van der Waals surface area contributed by atoms with E-state index in [0.29, 0.717) is 6.42 Å². The highest BCUT2D eigenvalue weighted by atomic mass is 16.4. The second-order valence-electron chi connectivity index (χ2n) is 4.55. The van der Waals surface area contributed by atoms with Crippen LogP contribution in [0, 0.1) is 0 Å². The maximum Gasteiger partial charge on any atom is 0.337 e. The molecule has 1 N–H and O–H groups in total. The number of aromatic nitrogens is 2. The second kappa shape index (κ2) is 5.09. The van der Waals surface area contributed by atoms with Gasteiger partial charge in [0.15, 0.2) is 0 Å². The van der Waals surface area contributed by atoms with Crippen molar-refractivity contribution in [2.45, 2.75) is 6.42 Å². The average molecular weight is 264 g/mol. The van der Waals surface area contributed by atoms with Crippen molar-refractivity contribution in [1.29, 1.82) is 0 Å². The van der Waals surface area contributed by atoms with E-state index >= 15 is 0 Å². The van der Waals surface area contributed by atoms with Crippen molar-refractivity contribution in [2.24, 2.45) is 0 Å². The Morgan fingerprint density at radius 1 is 1.15 bits per heavy atom. The van der Waals surface area contributed by atoms with Gasteiger partial charge in [-0.1, -0.05) is 18.2 Å². The summed E-state index contributed by atoms with van der Waals surface area (Å²) in [5.41, 5.74) is 3.13. The van der Waals surface area contributed by atoms with Gasteiger partial charge < -0.3 is 5.11 Å². The molecule has 0 aliphatic carbocycles. The zero-order valence-corrected chi connectivity index (χ0v) is 10.7. The Labute approximate surface area is 115 Å². The third-order valence-corrected chi connectivity index (χ3v) is 3.18. The van der Waals surface area contributed by atoms with E-state index in [1.165, 1.54) is 6.20 Å². The molecule has 4 nitrogen and oxygen atoms in total. The van der Waals surface area contributed by atoms with Crippen molar-refractivity contribution in [3.8, 4) is 0 Å². The lowest BCUT2D eigenvalue weighted by molar-refractivity contribution is 0.0696. The summed E-state index contributed by atoms with van der Waals surface area (Å²) in [7, 11) is 0. The Hall–Kier alpha value is -2.75. The van der Waals surface area contributed by atoms with Crippen LogP contribution in [0.15, 0.2) is 55.0 Å². The van der Waals surface area contributed by atoms with Crippen LogP contribution >= 0.6 is 0 Å². The highest BCUT2D eigenvalue weighted by Gasteiger charge is 2.07. The molecular weight excluding hydrogens is 252 g/mol. The van der Waals surface area contributed by atoms with E-state index in [2.05, 4.69) is 9.97 Å². The predicted molar refractivity (Wildman–Crippen MR) is 75.7 cm³/mol. The second-order valence-corrected chi connectivity index (χ2v) is 4.55. The fraction of sp³-hybridized carbons (Fsp3) is 0.0625. The van der Waals surface area contributed by atoms with Gasteiger partial charge in [-0.25, -0.2) is 4.79 Å². The first kappa shape index (κ1) is 12.3. The number of nitrogens with zero attached hydrogens (tertiary/aromatic N) is 2. The Morgan fingerprint density at radius 3 is 2.85 bits per heavy atom. The van der Waals surface area contributed by atoms with Crippen LogP contribution in [0.5, 0.6) is 0 Å². The molecule has 0 aliphatic rings. The molecule has 3 aromatic rings. The van der Waals surface area contributed by atoms with Gasteiger partial charge >= 0.3 is 5.97 Å². The first-order valence-corrected chi connectivity index (χ1v) is 6.24. The zero-order chi connectivity index (χ0) is 13.9. The topological polar surface area (TPSA) is 63.1 Å². The number of fused-ring (bicyclic) bond motifs is 1. The number of carboxylic acids is 1. The van der Waals surface area contributed by atoms with Crippen LogP contribution < -0.4 is 0 Å². The van der Waals surface area contributed by atoms with Crippen molar-refractivity contribution in [1.82, 2.24) is 9.97 Å². The van der Waals surface area contributed by atoms with Gasteiger partial charge in [0.2, 0.25) is 0 Å². The molecule has 3 rings (SSSR count). The number of carboxylic acid groups (broad SMARTS) is 1. The molecule has 0 amide bonds. The Bertz CT molecular complexity index is 779. The van der Waals surface area contributed by atoms with Crippen molar-refractivity contribution in [3.63, 3.8) is 0 Å². The zero-order valence-electron chi connectivity index (χ0n) is 10.7. The highest BCUT2D eigenvalue weighted by molar-refractivity contribution is 5.87. The molecule has 0 saturated heterocycles. The summed E-state index contributed by atoms with van der Waals surface area (Å²) < 4.78 is 0. The minimum Gasteiger partial charge on any atom is -0.478 e. The lowest BCUT2D eigenvalue weighted by Gasteiger charge is -2.06. The van der Waals surface area contributed by atoms with Crippen molar-refractivity contribution in [2.75, 3.05) is 0 Å². The van der Waals surface area contributed by atoms with Crippen LogP contribution in [0.3, 0.4) is 0 Å². The van der Waals surface area contributed by atoms with E-state index in [1.54, 1.807) is 18.5 Å². The summed E-state index contributed by atoms with van der Waals surface area (Å²) in [6.45, 7) is 0. The molecule has 4 heteroatoms. The summed E-state index contributed by atoms with van der Waals surface area (Å²) in [5.74, 6) is -0.959. The van der Waals surface area contributed by atoms with Crippen LogP contribution in [0.25, 0.3) is 10.9 Å². The van der Waals surface area contributed by atoms with Crippen LogP contribution in [0.2, 0.25) is 0 Å². The van der Waals surface area contributed by atoms with Gasteiger partial charge in [0.25, 0.3) is 0 Å². The molecule has 0 spiro atoms. The molecule has 0 atom stereocenters. The molecule has 2 heterocycles. The van der Waals surface area contributed by atoms with Gasteiger partial charge in [-0.05, 0) is 35.7 Å². The SMILES string of the molecule is O=C(O)c1cncc(Cc2ccnc3ccccc23)c1. The van der Waals surface area contributed by atoms with Crippen LogP contribution in [-0.4, -0.2) is 21.0 Å². The Balaban J connectivity index is 2.01. The maximum atomic E-state index is 11.0. The molecule has 0 fully saturated rings. The fourth-order valence-corrected chi connectivity index (χ4v) is 2.23. The number of rotatable bonds is 3. The average Bonchev–Trinajstić information content (AvgIpc) is 2.48. The predicted octanol–water partition coefficient (Wildman–Crippen LogP) is 2.92. The third-order valence-electron chi connectivity index (χ3n) is 3.18. The van der Waals surface area contributed by atoms with E-state index in [1.807, 2.05) is 30.3 Å². The van der Waals surface area contributed by atoms with Crippen molar-refractivity contribution >= 4 is 16.9 Å². The minimum atomic E-state index is -0.959. The van der Waals surface area contributed by atoms with Crippen LogP contribution in [0.4, 0.5) is 0 Å². The maximum absolute atomic E-state index is 11.0. The van der Waals surface area contributed by atoms with Gasteiger partial charge in [0.05, 0.1) is 11.1 Å². The number of pyridine rings is 2. The molecule has 0 bridgehead atoms. The van der Waals surface area contributed by atoms with Crippen molar-refractivity contribution in [3.05, 3.63) is 71.7 Å². The number of aromatic carboxylic acids is 1. The van der Waals surface area contributed by atoms with Gasteiger partial charge in [0.1, 0.15) is 0 Å². The molecule has 1 aromatic carbocycles. The van der Waals surface area contributed by atoms with E-state index < -0.39 is 5.97 Å². The Morgan fingerprint density at radius 2 is 2.00 bits per heavy atom. The van der Waals surface area contributed by atoms with E-state index in [0.717, 1.165) is 22.0 Å². The smallest absolute Gasteiger partial charge is 0.337 e. The largest absolute Gasteiger partial charge is 0.478 e. The normalized spacial score (nSPS) is 10.6. The molecule has 0 saturated carbocycles. The number of hydrogen-bond acceptors (Lipinski definition) is 3. The van der Waals surface area contributed by atoms with Gasteiger partial charge in [-0.3, -0.25) is 9.97 Å². The van der Waals surface area contributed by atoms with E-state index in [4.69, 9.17) is 5.11 Å². The van der Waals surface area contributed by atoms with E-state index in [-0.39, 0.29) is 5.56 Å². The molecule has 98 valence electrons. The molecule has 20 heavy (non-hydrogen) atoms. The molecule has 0 aliphatic heterocycles. The quantitative estimate of drug-likeness (QED) is 0.790. The number of para-hydroxylation sites is 1. The fourth-order valence-electron chi connectivity index (χ4n) is 2.23. The summed E-state index contributed by atoms with van der Waals surface area (Å²) in [6, 6.07) is 11.5. The van der Waals surface area contributed by atoms with Gasteiger partial charge in [-0.15, -0.1) is 0 Å². The van der Waals surface area contributed by atoms with Gasteiger partial charge in [0, 0.05) is 24.0 Å². The first-order valence-electron chi connectivity index (χ1n) is 6.24. The van der Waals surface area contributed by atoms with Crippen LogP contribution in [-0.2, 0) is 6.42 Å². The monoisotopic (exact) mass is 264 g/mol. The molecule has 0 radical (unpaired) electrons. The van der Waals surface area contributed by atoms with Gasteiger partial charge in [-0.2, -0.15) is 0 Å².